The molecule has 7 heteroatoms. The standard InChI is InChI=1S/C17H26O7/c1-6-20-12-8-10-7-11(18)14-17(13(10)22-12,15(19)21-9(2)3)24-16(4,5)23-14/h9-10,12-14H,6-8H2,1-5H3/t10-,12-,13+,14+,17+/m0/s1. The van der Waals surface area contributed by atoms with Gasteiger partial charge in [0.05, 0.1) is 6.10 Å². The maximum atomic E-state index is 13.0. The first-order chi connectivity index (χ1) is 11.2. The summed E-state index contributed by atoms with van der Waals surface area (Å²) in [5.41, 5.74) is -1.57. The molecule has 2 saturated heterocycles. The van der Waals surface area contributed by atoms with Crippen LogP contribution in [0.5, 0.6) is 0 Å². The Labute approximate surface area is 141 Å². The molecule has 0 N–H and O–H groups in total. The summed E-state index contributed by atoms with van der Waals surface area (Å²) in [6.45, 7) is 9.25. The largest absolute Gasteiger partial charge is 0.461 e. The van der Waals surface area contributed by atoms with E-state index < -0.39 is 35.9 Å². The third kappa shape index (κ3) is 2.77. The van der Waals surface area contributed by atoms with Crippen LogP contribution in [-0.4, -0.2) is 54.3 Å². The lowest BCUT2D eigenvalue weighted by molar-refractivity contribution is -0.231. The van der Waals surface area contributed by atoms with E-state index in [2.05, 4.69) is 0 Å². The number of rotatable bonds is 4. The molecule has 0 aromatic rings. The van der Waals surface area contributed by atoms with Gasteiger partial charge < -0.3 is 23.7 Å². The Bertz CT molecular complexity index is 529. The smallest absolute Gasteiger partial charge is 0.344 e. The molecule has 24 heavy (non-hydrogen) atoms. The van der Waals surface area contributed by atoms with E-state index in [4.69, 9.17) is 23.7 Å². The lowest BCUT2D eigenvalue weighted by Crippen LogP contribution is -2.65. The first kappa shape index (κ1) is 17.8. The number of carbonyl (C=O) groups is 2. The summed E-state index contributed by atoms with van der Waals surface area (Å²) in [4.78, 5) is 25.6. The highest BCUT2D eigenvalue weighted by Gasteiger charge is 2.72. The van der Waals surface area contributed by atoms with Gasteiger partial charge >= 0.3 is 5.97 Å². The zero-order chi connectivity index (χ0) is 17.7. The Balaban J connectivity index is 1.99. The van der Waals surface area contributed by atoms with E-state index in [9.17, 15) is 9.59 Å². The number of fused-ring (bicyclic) bond motifs is 3. The molecule has 1 aliphatic carbocycles. The second kappa shape index (κ2) is 6.05. The van der Waals surface area contributed by atoms with Crippen LogP contribution in [0.3, 0.4) is 0 Å². The topological polar surface area (TPSA) is 80.3 Å². The maximum Gasteiger partial charge on any atom is 0.344 e. The number of esters is 1. The first-order valence-corrected chi connectivity index (χ1v) is 8.58. The number of ether oxygens (including phenoxy) is 5. The monoisotopic (exact) mass is 342 g/mol. The van der Waals surface area contributed by atoms with Crippen LogP contribution >= 0.6 is 0 Å². The van der Waals surface area contributed by atoms with Crippen molar-refractivity contribution in [2.24, 2.45) is 5.92 Å². The molecule has 0 unspecified atom stereocenters. The summed E-state index contributed by atoms with van der Waals surface area (Å²) in [5, 5.41) is 0. The summed E-state index contributed by atoms with van der Waals surface area (Å²) in [6.07, 6.45) is -1.58. The quantitative estimate of drug-likeness (QED) is 0.717. The van der Waals surface area contributed by atoms with Crippen LogP contribution in [0.25, 0.3) is 0 Å². The zero-order valence-electron chi connectivity index (χ0n) is 14.9. The van der Waals surface area contributed by atoms with E-state index in [1.54, 1.807) is 27.7 Å². The molecule has 3 rings (SSSR count). The van der Waals surface area contributed by atoms with Crippen molar-refractivity contribution in [3.63, 3.8) is 0 Å². The van der Waals surface area contributed by atoms with E-state index in [0.29, 0.717) is 13.0 Å². The minimum Gasteiger partial charge on any atom is -0.461 e. The van der Waals surface area contributed by atoms with E-state index in [0.717, 1.165) is 0 Å². The van der Waals surface area contributed by atoms with Crippen molar-refractivity contribution in [1.82, 2.24) is 0 Å². The number of Topliss-reactive ketones (excluding diaryl/α,β-unsaturated/α-hetero) is 1. The molecule has 3 aliphatic rings. The van der Waals surface area contributed by atoms with Gasteiger partial charge in [-0.3, -0.25) is 4.79 Å². The van der Waals surface area contributed by atoms with Gasteiger partial charge in [0.15, 0.2) is 24.0 Å². The van der Waals surface area contributed by atoms with Crippen LogP contribution in [0.15, 0.2) is 0 Å². The number of carbonyl (C=O) groups excluding carboxylic acids is 2. The highest BCUT2D eigenvalue weighted by atomic mass is 16.8. The molecule has 3 fully saturated rings. The van der Waals surface area contributed by atoms with E-state index >= 15 is 0 Å². The van der Waals surface area contributed by atoms with Crippen LogP contribution in [0.4, 0.5) is 0 Å². The molecule has 1 saturated carbocycles. The van der Waals surface area contributed by atoms with Crippen LogP contribution in [0, 0.1) is 5.92 Å². The van der Waals surface area contributed by atoms with Gasteiger partial charge in [-0.05, 0) is 34.6 Å². The van der Waals surface area contributed by atoms with Crippen molar-refractivity contribution in [2.75, 3.05) is 6.61 Å². The van der Waals surface area contributed by atoms with Gasteiger partial charge in [-0.2, -0.15) is 0 Å². The van der Waals surface area contributed by atoms with Gasteiger partial charge in [0.2, 0.25) is 5.60 Å². The number of hydrogen-bond donors (Lipinski definition) is 0. The molecule has 0 amide bonds. The number of hydrogen-bond acceptors (Lipinski definition) is 7. The van der Waals surface area contributed by atoms with Crippen molar-refractivity contribution in [2.45, 2.75) is 83.5 Å². The van der Waals surface area contributed by atoms with Gasteiger partial charge in [0.1, 0.15) is 6.10 Å². The average Bonchev–Trinajstić information content (AvgIpc) is 2.97. The lowest BCUT2D eigenvalue weighted by atomic mass is 9.72. The van der Waals surface area contributed by atoms with Crippen LogP contribution < -0.4 is 0 Å². The van der Waals surface area contributed by atoms with Gasteiger partial charge in [0, 0.05) is 25.4 Å². The molecule has 0 radical (unpaired) electrons. The summed E-state index contributed by atoms with van der Waals surface area (Å²) in [7, 11) is 0. The van der Waals surface area contributed by atoms with Gasteiger partial charge in [-0.25, -0.2) is 4.79 Å². The third-order valence-electron chi connectivity index (χ3n) is 4.62. The van der Waals surface area contributed by atoms with Crippen LogP contribution in [0.2, 0.25) is 0 Å². The summed E-state index contributed by atoms with van der Waals surface area (Å²) < 4.78 is 28.8. The van der Waals surface area contributed by atoms with E-state index in [1.807, 2.05) is 6.92 Å². The molecule has 136 valence electrons. The van der Waals surface area contributed by atoms with Gasteiger partial charge in [0.25, 0.3) is 0 Å². The molecule has 7 nitrogen and oxygen atoms in total. The summed E-state index contributed by atoms with van der Waals surface area (Å²) in [5.74, 6) is -1.97. The molecule has 2 aliphatic heterocycles. The Kier molecular flexibility index (Phi) is 4.49. The fourth-order valence-corrected chi connectivity index (χ4v) is 3.94. The van der Waals surface area contributed by atoms with Crippen molar-refractivity contribution < 1.29 is 33.3 Å². The molecule has 0 bridgehead atoms. The average molecular weight is 342 g/mol. The normalized spacial score (nSPS) is 40.5. The van der Waals surface area contributed by atoms with Crippen molar-refractivity contribution in [3.8, 4) is 0 Å². The first-order valence-electron chi connectivity index (χ1n) is 8.58. The highest BCUT2D eigenvalue weighted by molar-refractivity contribution is 5.96. The third-order valence-corrected chi connectivity index (χ3v) is 4.62. The minimum absolute atomic E-state index is 0.150. The van der Waals surface area contributed by atoms with E-state index in [-0.39, 0.29) is 24.2 Å². The molecule has 0 aromatic heterocycles. The Hall–Kier alpha value is -1.02. The second-order valence-electron chi connectivity index (χ2n) is 7.35. The second-order valence-corrected chi connectivity index (χ2v) is 7.35. The zero-order valence-corrected chi connectivity index (χ0v) is 14.9. The SMILES string of the molecule is CCO[C@@H]1C[C@@H]2CC(=O)[C@H]3OC(C)(C)O[C@]3(C(=O)OC(C)C)[C@@H]2O1. The van der Waals surface area contributed by atoms with Crippen LogP contribution in [-0.2, 0) is 33.3 Å². The molecule has 0 spiro atoms. The van der Waals surface area contributed by atoms with Crippen molar-refractivity contribution in [3.05, 3.63) is 0 Å². The number of ketones is 1. The van der Waals surface area contributed by atoms with Crippen molar-refractivity contribution >= 4 is 11.8 Å². The predicted molar refractivity (Wildman–Crippen MR) is 82.0 cm³/mol. The summed E-state index contributed by atoms with van der Waals surface area (Å²) >= 11 is 0. The Morgan fingerprint density at radius 1 is 1.38 bits per heavy atom. The molecule has 2 heterocycles. The van der Waals surface area contributed by atoms with Gasteiger partial charge in [-0.15, -0.1) is 0 Å². The Morgan fingerprint density at radius 2 is 2.08 bits per heavy atom. The van der Waals surface area contributed by atoms with Crippen molar-refractivity contribution in [1.29, 1.82) is 0 Å². The summed E-state index contributed by atoms with van der Waals surface area (Å²) in [6, 6.07) is 0. The highest BCUT2D eigenvalue weighted by Crippen LogP contribution is 2.51. The predicted octanol–water partition coefficient (Wildman–Crippen LogP) is 1.57. The van der Waals surface area contributed by atoms with Crippen LogP contribution in [0.1, 0.15) is 47.5 Å². The Morgan fingerprint density at radius 3 is 2.71 bits per heavy atom. The fourth-order valence-electron chi connectivity index (χ4n) is 3.94. The lowest BCUT2D eigenvalue weighted by Gasteiger charge is -2.40. The van der Waals surface area contributed by atoms with Gasteiger partial charge in [-0.1, -0.05) is 0 Å². The molecule has 0 aromatic carbocycles. The molecular formula is C17H26O7. The molecular weight excluding hydrogens is 316 g/mol. The minimum atomic E-state index is -1.57. The fraction of sp³-hybridized carbons (Fsp3) is 0.882. The van der Waals surface area contributed by atoms with E-state index in [1.165, 1.54) is 0 Å². The maximum absolute atomic E-state index is 13.0. The molecule has 5 atom stereocenters.